The third kappa shape index (κ3) is 3.12. The quantitative estimate of drug-likeness (QED) is 0.866. The zero-order valence-electron chi connectivity index (χ0n) is 11.7. The van der Waals surface area contributed by atoms with E-state index in [1.54, 1.807) is 13.3 Å². The molecular formula is C14H20N4O. The molecule has 19 heavy (non-hydrogen) atoms. The van der Waals surface area contributed by atoms with Gasteiger partial charge < -0.3 is 9.64 Å². The van der Waals surface area contributed by atoms with E-state index in [0.717, 1.165) is 36.3 Å². The standard InChI is InChI=1S/C14H20N4O/c1-4-8-18(2)10-11-9-16-17-13(11)12-6-5-7-15-14(12)19-3/h5-7,9H,4,8,10H2,1-3H3,(H,16,17). The Morgan fingerprint density at radius 2 is 2.26 bits per heavy atom. The van der Waals surface area contributed by atoms with Crippen molar-refractivity contribution in [2.75, 3.05) is 20.7 Å². The van der Waals surface area contributed by atoms with E-state index >= 15 is 0 Å². The Morgan fingerprint density at radius 3 is 3.00 bits per heavy atom. The second-order valence-corrected chi connectivity index (χ2v) is 4.56. The molecule has 1 N–H and O–H groups in total. The minimum Gasteiger partial charge on any atom is -0.481 e. The number of hydrogen-bond acceptors (Lipinski definition) is 4. The molecule has 0 saturated heterocycles. The molecule has 102 valence electrons. The molecule has 2 aromatic heterocycles. The molecule has 0 spiro atoms. The number of nitrogens with zero attached hydrogens (tertiary/aromatic N) is 3. The van der Waals surface area contributed by atoms with Gasteiger partial charge in [-0.3, -0.25) is 5.10 Å². The lowest BCUT2D eigenvalue weighted by molar-refractivity contribution is 0.328. The number of aromatic nitrogens is 3. The molecular weight excluding hydrogens is 240 g/mol. The van der Waals surface area contributed by atoms with Gasteiger partial charge in [0.15, 0.2) is 0 Å². The third-order valence-corrected chi connectivity index (χ3v) is 2.98. The van der Waals surface area contributed by atoms with Crippen LogP contribution in [-0.4, -0.2) is 40.8 Å². The summed E-state index contributed by atoms with van der Waals surface area (Å²) in [6, 6.07) is 3.87. The molecule has 0 aromatic carbocycles. The predicted molar refractivity (Wildman–Crippen MR) is 75.0 cm³/mol. The van der Waals surface area contributed by atoms with Gasteiger partial charge in [-0.2, -0.15) is 5.10 Å². The monoisotopic (exact) mass is 260 g/mol. The Kier molecular flexibility index (Phi) is 4.52. The number of methoxy groups -OCH3 is 1. The van der Waals surface area contributed by atoms with E-state index in [4.69, 9.17) is 4.74 Å². The summed E-state index contributed by atoms with van der Waals surface area (Å²) in [7, 11) is 3.74. The van der Waals surface area contributed by atoms with E-state index in [0.29, 0.717) is 5.88 Å². The van der Waals surface area contributed by atoms with E-state index in [1.807, 2.05) is 18.3 Å². The maximum atomic E-state index is 5.30. The Morgan fingerprint density at radius 1 is 1.42 bits per heavy atom. The van der Waals surface area contributed by atoms with E-state index in [2.05, 4.69) is 34.1 Å². The molecule has 0 aliphatic rings. The molecule has 5 nitrogen and oxygen atoms in total. The van der Waals surface area contributed by atoms with Crippen LogP contribution in [0, 0.1) is 0 Å². The fourth-order valence-electron chi connectivity index (χ4n) is 2.15. The maximum Gasteiger partial charge on any atom is 0.222 e. The van der Waals surface area contributed by atoms with E-state index in [9.17, 15) is 0 Å². The summed E-state index contributed by atoms with van der Waals surface area (Å²) in [4.78, 5) is 6.50. The molecule has 2 heterocycles. The number of hydrogen-bond donors (Lipinski definition) is 1. The topological polar surface area (TPSA) is 54.0 Å². The van der Waals surface area contributed by atoms with Gasteiger partial charge in [-0.05, 0) is 32.1 Å². The molecule has 0 bridgehead atoms. The van der Waals surface area contributed by atoms with Crippen molar-refractivity contribution in [1.29, 1.82) is 0 Å². The maximum absolute atomic E-state index is 5.30. The number of H-pyrrole nitrogens is 1. The van der Waals surface area contributed by atoms with Gasteiger partial charge in [0.05, 0.1) is 12.7 Å². The summed E-state index contributed by atoms with van der Waals surface area (Å²) in [6.45, 7) is 4.10. The van der Waals surface area contributed by atoms with Crippen LogP contribution in [0.2, 0.25) is 0 Å². The van der Waals surface area contributed by atoms with Crippen molar-refractivity contribution < 1.29 is 4.74 Å². The number of nitrogens with one attached hydrogen (secondary N) is 1. The Balaban J connectivity index is 2.28. The van der Waals surface area contributed by atoms with Gasteiger partial charge in [-0.15, -0.1) is 0 Å². The molecule has 0 unspecified atom stereocenters. The van der Waals surface area contributed by atoms with Crippen molar-refractivity contribution in [2.24, 2.45) is 0 Å². The summed E-state index contributed by atoms with van der Waals surface area (Å²) in [5, 5.41) is 7.27. The van der Waals surface area contributed by atoms with E-state index in [-0.39, 0.29) is 0 Å². The minimum atomic E-state index is 0.606. The minimum absolute atomic E-state index is 0.606. The highest BCUT2D eigenvalue weighted by molar-refractivity contribution is 5.67. The van der Waals surface area contributed by atoms with Crippen LogP contribution in [0.1, 0.15) is 18.9 Å². The van der Waals surface area contributed by atoms with Crippen molar-refractivity contribution in [2.45, 2.75) is 19.9 Å². The molecule has 0 fully saturated rings. The number of rotatable bonds is 6. The number of pyridine rings is 1. The van der Waals surface area contributed by atoms with Gasteiger partial charge in [0.2, 0.25) is 5.88 Å². The first-order valence-corrected chi connectivity index (χ1v) is 6.46. The van der Waals surface area contributed by atoms with Crippen molar-refractivity contribution in [1.82, 2.24) is 20.1 Å². The predicted octanol–water partition coefficient (Wildman–Crippen LogP) is 2.32. The zero-order valence-corrected chi connectivity index (χ0v) is 11.7. The number of ether oxygens (including phenoxy) is 1. The third-order valence-electron chi connectivity index (χ3n) is 2.98. The molecule has 0 atom stereocenters. The van der Waals surface area contributed by atoms with Crippen molar-refractivity contribution in [3.8, 4) is 17.1 Å². The average Bonchev–Trinajstić information content (AvgIpc) is 2.86. The summed E-state index contributed by atoms with van der Waals surface area (Å²) < 4.78 is 5.30. The summed E-state index contributed by atoms with van der Waals surface area (Å²) in [6.07, 6.45) is 4.80. The zero-order chi connectivity index (χ0) is 13.7. The van der Waals surface area contributed by atoms with Crippen LogP contribution in [0.4, 0.5) is 0 Å². The normalized spacial score (nSPS) is 10.9. The molecule has 0 radical (unpaired) electrons. The van der Waals surface area contributed by atoms with Crippen LogP contribution in [0.15, 0.2) is 24.5 Å². The first kappa shape index (κ1) is 13.5. The Hall–Kier alpha value is -1.88. The van der Waals surface area contributed by atoms with E-state index in [1.165, 1.54) is 0 Å². The fraction of sp³-hybridized carbons (Fsp3) is 0.429. The Bertz CT molecular complexity index is 524. The van der Waals surface area contributed by atoms with Crippen LogP contribution < -0.4 is 4.74 Å². The largest absolute Gasteiger partial charge is 0.481 e. The second kappa shape index (κ2) is 6.33. The molecule has 5 heteroatoms. The Labute approximate surface area is 113 Å². The van der Waals surface area contributed by atoms with Crippen LogP contribution in [0.25, 0.3) is 11.3 Å². The van der Waals surface area contributed by atoms with Crippen LogP contribution in [0.3, 0.4) is 0 Å². The van der Waals surface area contributed by atoms with E-state index < -0.39 is 0 Å². The molecule has 2 rings (SSSR count). The fourth-order valence-corrected chi connectivity index (χ4v) is 2.15. The number of aromatic amines is 1. The highest BCUT2D eigenvalue weighted by atomic mass is 16.5. The van der Waals surface area contributed by atoms with Gasteiger partial charge in [0, 0.05) is 24.5 Å². The summed E-state index contributed by atoms with van der Waals surface area (Å²) in [5.74, 6) is 0.606. The summed E-state index contributed by atoms with van der Waals surface area (Å²) in [5.41, 5.74) is 2.99. The lowest BCUT2D eigenvalue weighted by Gasteiger charge is -2.15. The molecule has 2 aromatic rings. The average molecular weight is 260 g/mol. The molecule has 0 aliphatic heterocycles. The first-order valence-electron chi connectivity index (χ1n) is 6.46. The van der Waals surface area contributed by atoms with Gasteiger partial charge in [0.25, 0.3) is 0 Å². The molecule has 0 amide bonds. The van der Waals surface area contributed by atoms with Gasteiger partial charge in [-0.1, -0.05) is 6.92 Å². The second-order valence-electron chi connectivity index (χ2n) is 4.56. The highest BCUT2D eigenvalue weighted by Crippen LogP contribution is 2.28. The van der Waals surface area contributed by atoms with Crippen LogP contribution in [-0.2, 0) is 6.54 Å². The van der Waals surface area contributed by atoms with Crippen molar-refractivity contribution >= 4 is 0 Å². The summed E-state index contributed by atoms with van der Waals surface area (Å²) >= 11 is 0. The SMILES string of the molecule is CCCN(C)Cc1c[nH]nc1-c1cccnc1OC. The molecule has 0 saturated carbocycles. The lowest BCUT2D eigenvalue weighted by atomic mass is 10.1. The van der Waals surface area contributed by atoms with Gasteiger partial charge >= 0.3 is 0 Å². The van der Waals surface area contributed by atoms with Gasteiger partial charge in [-0.25, -0.2) is 4.98 Å². The van der Waals surface area contributed by atoms with Crippen molar-refractivity contribution in [3.63, 3.8) is 0 Å². The lowest BCUT2D eigenvalue weighted by Crippen LogP contribution is -2.18. The van der Waals surface area contributed by atoms with Gasteiger partial charge in [0.1, 0.15) is 5.69 Å². The smallest absolute Gasteiger partial charge is 0.222 e. The van der Waals surface area contributed by atoms with Crippen LogP contribution in [0.5, 0.6) is 5.88 Å². The highest BCUT2D eigenvalue weighted by Gasteiger charge is 2.14. The molecule has 0 aliphatic carbocycles. The first-order chi connectivity index (χ1) is 9.26. The van der Waals surface area contributed by atoms with Crippen LogP contribution >= 0.6 is 0 Å². The van der Waals surface area contributed by atoms with Crippen molar-refractivity contribution in [3.05, 3.63) is 30.1 Å².